The first-order chi connectivity index (χ1) is 5.34. The van der Waals surface area contributed by atoms with Crippen molar-refractivity contribution in [3.05, 3.63) is 0 Å². The molecule has 0 spiro atoms. The second kappa shape index (κ2) is 4.46. The van der Waals surface area contributed by atoms with E-state index in [9.17, 15) is 4.79 Å². The van der Waals surface area contributed by atoms with Crippen LogP contribution < -0.4 is 4.34 Å². The van der Waals surface area contributed by atoms with Gasteiger partial charge in [0.1, 0.15) is 0 Å². The van der Waals surface area contributed by atoms with Crippen LogP contribution in [0, 0.1) is 5.92 Å². The fourth-order valence-electron chi connectivity index (χ4n) is 0.526. The number of amides is 2. The SMILES string of the molecule is CC(C)C(C)(C)N(Br)C(=O)NBr. The van der Waals surface area contributed by atoms with Crippen molar-refractivity contribution in [1.29, 1.82) is 0 Å². The molecule has 0 aliphatic rings. The summed E-state index contributed by atoms with van der Waals surface area (Å²) in [4.78, 5) is 11.2. The molecule has 3 nitrogen and oxygen atoms in total. The van der Waals surface area contributed by atoms with E-state index in [0.717, 1.165) is 0 Å². The minimum atomic E-state index is -0.210. The molecule has 0 radical (unpaired) electrons. The van der Waals surface area contributed by atoms with Gasteiger partial charge in [0.05, 0.1) is 37.8 Å². The van der Waals surface area contributed by atoms with E-state index in [-0.39, 0.29) is 11.6 Å². The van der Waals surface area contributed by atoms with Crippen LogP contribution in [0.15, 0.2) is 0 Å². The number of nitrogens with zero attached hydrogens (tertiary/aromatic N) is 1. The highest BCUT2D eigenvalue weighted by Crippen LogP contribution is 2.27. The summed E-state index contributed by atoms with van der Waals surface area (Å²) in [6.45, 7) is 8.12. The van der Waals surface area contributed by atoms with Gasteiger partial charge in [-0.15, -0.1) is 0 Å². The number of halogens is 2. The number of carbonyl (C=O) groups is 1. The number of hydrogen-bond donors (Lipinski definition) is 1. The van der Waals surface area contributed by atoms with Gasteiger partial charge in [-0.3, -0.25) is 8.27 Å². The summed E-state index contributed by atoms with van der Waals surface area (Å²) in [5, 5.41) is 0. The summed E-state index contributed by atoms with van der Waals surface area (Å²) < 4.78 is 3.88. The predicted molar refractivity (Wildman–Crippen MR) is 57.1 cm³/mol. The Kier molecular flexibility index (Phi) is 4.55. The summed E-state index contributed by atoms with van der Waals surface area (Å²) in [6, 6.07) is -0.200. The molecule has 1 N–H and O–H groups in total. The quantitative estimate of drug-likeness (QED) is 0.781. The largest absolute Gasteiger partial charge is 0.337 e. The fourth-order valence-corrected chi connectivity index (χ4v) is 1.44. The molecule has 72 valence electrons. The Morgan fingerprint density at radius 3 is 2.17 bits per heavy atom. The summed E-state index contributed by atoms with van der Waals surface area (Å²) >= 11 is 6.10. The first-order valence-corrected chi connectivity index (χ1v) is 5.21. The maximum Gasteiger partial charge on any atom is 0.337 e. The van der Waals surface area contributed by atoms with Gasteiger partial charge in [0.15, 0.2) is 0 Å². The Balaban J connectivity index is 4.45. The van der Waals surface area contributed by atoms with Crippen molar-refractivity contribution < 1.29 is 4.79 Å². The van der Waals surface area contributed by atoms with Crippen molar-refractivity contribution in [3.8, 4) is 0 Å². The van der Waals surface area contributed by atoms with Crippen molar-refractivity contribution in [2.75, 3.05) is 0 Å². The molecule has 0 bridgehead atoms. The van der Waals surface area contributed by atoms with Gasteiger partial charge in [0.2, 0.25) is 0 Å². The minimum absolute atomic E-state index is 0.200. The van der Waals surface area contributed by atoms with Gasteiger partial charge < -0.3 is 0 Å². The van der Waals surface area contributed by atoms with Crippen molar-refractivity contribution >= 4 is 38.3 Å². The molecule has 0 saturated carbocycles. The molecule has 0 aliphatic carbocycles. The minimum Gasteiger partial charge on any atom is -0.273 e. The van der Waals surface area contributed by atoms with Crippen molar-refractivity contribution in [2.45, 2.75) is 33.2 Å². The predicted octanol–water partition coefficient (Wildman–Crippen LogP) is 3.05. The second-order valence-electron chi connectivity index (χ2n) is 3.49. The number of urea groups is 1. The maximum atomic E-state index is 11.2. The van der Waals surface area contributed by atoms with Crippen molar-refractivity contribution in [2.24, 2.45) is 5.92 Å². The highest BCUT2D eigenvalue weighted by atomic mass is 79.9. The van der Waals surface area contributed by atoms with E-state index >= 15 is 0 Å². The van der Waals surface area contributed by atoms with Gasteiger partial charge in [-0.2, -0.15) is 0 Å². The summed E-state index contributed by atoms with van der Waals surface area (Å²) in [5.41, 5.74) is -0.210. The lowest BCUT2D eigenvalue weighted by Gasteiger charge is -2.36. The van der Waals surface area contributed by atoms with Crippen LogP contribution in [0.2, 0.25) is 0 Å². The summed E-state index contributed by atoms with van der Waals surface area (Å²) in [5.74, 6) is 0.377. The standard InChI is InChI=1S/C7H14Br2N2O/c1-5(2)7(3,4)11(9)6(12)10-8/h5H,1-4H3,(H,10,12). The number of nitrogens with one attached hydrogen (secondary N) is 1. The molecule has 0 aromatic carbocycles. The Hall–Kier alpha value is 0.230. The third kappa shape index (κ3) is 2.62. The van der Waals surface area contributed by atoms with Gasteiger partial charge in [-0.25, -0.2) is 4.79 Å². The molecule has 0 aliphatic heterocycles. The highest BCUT2D eigenvalue weighted by molar-refractivity contribution is 9.08. The molecule has 0 heterocycles. The monoisotopic (exact) mass is 300 g/mol. The van der Waals surface area contributed by atoms with Crippen LogP contribution in [-0.2, 0) is 0 Å². The molecule has 0 aromatic rings. The van der Waals surface area contributed by atoms with Crippen LogP contribution in [-0.4, -0.2) is 15.5 Å². The zero-order chi connectivity index (χ0) is 9.94. The lowest BCUT2D eigenvalue weighted by molar-refractivity contribution is 0.180. The molecule has 12 heavy (non-hydrogen) atoms. The average Bonchev–Trinajstić information content (AvgIpc) is 2.01. The van der Waals surface area contributed by atoms with Crippen LogP contribution in [0.4, 0.5) is 4.79 Å². The molecule has 2 amide bonds. The normalized spacial score (nSPS) is 11.6. The summed E-state index contributed by atoms with van der Waals surface area (Å²) in [6.07, 6.45) is 0. The van der Waals surface area contributed by atoms with E-state index in [2.05, 4.69) is 50.5 Å². The Morgan fingerprint density at radius 1 is 1.50 bits per heavy atom. The smallest absolute Gasteiger partial charge is 0.273 e. The molecular formula is C7H14Br2N2O. The zero-order valence-corrected chi connectivity index (χ0v) is 10.9. The number of hydrogen-bond acceptors (Lipinski definition) is 1. The first-order valence-electron chi connectivity index (χ1n) is 3.70. The van der Waals surface area contributed by atoms with Crippen LogP contribution in [0.1, 0.15) is 27.7 Å². The Labute approximate surface area is 90.6 Å². The fraction of sp³-hybridized carbons (Fsp3) is 0.857. The van der Waals surface area contributed by atoms with Gasteiger partial charge in [-0.05, 0) is 19.8 Å². The second-order valence-corrected chi connectivity index (χ2v) is 4.59. The van der Waals surface area contributed by atoms with Crippen LogP contribution in [0.5, 0.6) is 0 Å². The Bertz CT molecular complexity index is 171. The molecule has 0 saturated heterocycles. The van der Waals surface area contributed by atoms with E-state index in [1.54, 1.807) is 0 Å². The maximum absolute atomic E-state index is 11.2. The number of carbonyl (C=O) groups excluding carboxylic acids is 1. The van der Waals surface area contributed by atoms with E-state index in [4.69, 9.17) is 0 Å². The van der Waals surface area contributed by atoms with E-state index in [1.807, 2.05) is 13.8 Å². The van der Waals surface area contributed by atoms with E-state index < -0.39 is 0 Å². The highest BCUT2D eigenvalue weighted by Gasteiger charge is 2.32. The van der Waals surface area contributed by atoms with Gasteiger partial charge in [-0.1, -0.05) is 13.8 Å². The Morgan fingerprint density at radius 2 is 1.92 bits per heavy atom. The van der Waals surface area contributed by atoms with E-state index in [1.165, 1.54) is 3.93 Å². The molecule has 0 atom stereocenters. The van der Waals surface area contributed by atoms with Crippen LogP contribution in [0.25, 0.3) is 0 Å². The third-order valence-corrected chi connectivity index (χ3v) is 3.75. The van der Waals surface area contributed by atoms with Crippen molar-refractivity contribution in [3.63, 3.8) is 0 Å². The number of rotatable bonds is 2. The van der Waals surface area contributed by atoms with E-state index in [0.29, 0.717) is 5.92 Å². The molecule has 0 unspecified atom stereocenters. The van der Waals surface area contributed by atoms with Gasteiger partial charge in [0, 0.05) is 0 Å². The molecule has 0 fully saturated rings. The topological polar surface area (TPSA) is 32.3 Å². The average molecular weight is 302 g/mol. The van der Waals surface area contributed by atoms with Crippen molar-refractivity contribution in [1.82, 2.24) is 8.27 Å². The molecule has 5 heteroatoms. The van der Waals surface area contributed by atoms with Gasteiger partial charge >= 0.3 is 6.03 Å². The lowest BCUT2D eigenvalue weighted by Crippen LogP contribution is -2.47. The molecule has 0 rings (SSSR count). The van der Waals surface area contributed by atoms with Gasteiger partial charge in [0.25, 0.3) is 0 Å². The first kappa shape index (κ1) is 12.2. The molecular weight excluding hydrogens is 288 g/mol. The lowest BCUT2D eigenvalue weighted by atomic mass is 9.91. The third-order valence-electron chi connectivity index (χ3n) is 2.18. The molecule has 0 aromatic heterocycles. The van der Waals surface area contributed by atoms with Crippen LogP contribution >= 0.6 is 32.3 Å². The summed E-state index contributed by atoms with van der Waals surface area (Å²) in [7, 11) is 0. The zero-order valence-electron chi connectivity index (χ0n) is 7.69. The van der Waals surface area contributed by atoms with Crippen LogP contribution in [0.3, 0.4) is 0 Å².